The molecule has 3 aromatic rings. The van der Waals surface area contributed by atoms with Crippen molar-refractivity contribution in [1.82, 2.24) is 9.97 Å². The number of aromatic nitrogens is 2. The molecular weight excluding hydrogens is 284 g/mol. The van der Waals surface area contributed by atoms with Crippen molar-refractivity contribution >= 4 is 11.3 Å². The molecule has 0 spiro atoms. The molecule has 0 saturated heterocycles. The van der Waals surface area contributed by atoms with Crippen LogP contribution in [0, 0.1) is 0 Å². The monoisotopic (exact) mass is 298 g/mol. The van der Waals surface area contributed by atoms with E-state index >= 15 is 0 Å². The van der Waals surface area contributed by atoms with Crippen molar-refractivity contribution in [2.24, 2.45) is 0 Å². The van der Waals surface area contributed by atoms with E-state index in [4.69, 9.17) is 9.47 Å². The van der Waals surface area contributed by atoms with Crippen LogP contribution < -0.4 is 9.47 Å². The first kappa shape index (κ1) is 13.6. The van der Waals surface area contributed by atoms with E-state index in [1.54, 1.807) is 19.5 Å². The number of rotatable bonds is 5. The van der Waals surface area contributed by atoms with Crippen LogP contribution >= 0.6 is 11.3 Å². The van der Waals surface area contributed by atoms with Gasteiger partial charge in [0.05, 0.1) is 12.8 Å². The minimum absolute atomic E-state index is 0.490. The predicted molar refractivity (Wildman–Crippen MR) is 82.7 cm³/mol. The summed E-state index contributed by atoms with van der Waals surface area (Å²) in [6.45, 7) is 0.490. The molecule has 0 saturated carbocycles. The highest BCUT2D eigenvalue weighted by Crippen LogP contribution is 2.26. The van der Waals surface area contributed by atoms with E-state index in [-0.39, 0.29) is 0 Å². The topological polar surface area (TPSA) is 44.2 Å². The molecule has 0 radical (unpaired) electrons. The van der Waals surface area contributed by atoms with Gasteiger partial charge in [-0.1, -0.05) is 23.5 Å². The lowest BCUT2D eigenvalue weighted by Gasteiger charge is -2.04. The number of benzene rings is 1. The van der Waals surface area contributed by atoms with Crippen molar-refractivity contribution in [3.63, 3.8) is 0 Å². The van der Waals surface area contributed by atoms with Crippen LogP contribution in [0.5, 0.6) is 10.9 Å². The number of ether oxygens (including phenoxy) is 2. The Bertz CT molecular complexity index is 696. The average molecular weight is 298 g/mol. The number of thiazole rings is 1. The second-order valence-electron chi connectivity index (χ2n) is 4.38. The molecule has 0 aliphatic rings. The minimum atomic E-state index is 0.490. The zero-order chi connectivity index (χ0) is 14.5. The Morgan fingerprint density at radius 2 is 2.00 bits per heavy atom. The molecule has 0 aliphatic carbocycles. The summed E-state index contributed by atoms with van der Waals surface area (Å²) in [6, 6.07) is 11.7. The van der Waals surface area contributed by atoms with Gasteiger partial charge in [-0.05, 0) is 29.8 Å². The van der Waals surface area contributed by atoms with Crippen molar-refractivity contribution in [3.8, 4) is 22.2 Å². The number of pyridine rings is 1. The van der Waals surface area contributed by atoms with E-state index in [2.05, 4.69) is 9.97 Å². The highest BCUT2D eigenvalue weighted by atomic mass is 32.1. The van der Waals surface area contributed by atoms with Gasteiger partial charge in [-0.15, -0.1) is 0 Å². The van der Waals surface area contributed by atoms with Gasteiger partial charge >= 0.3 is 0 Å². The SMILES string of the molecule is COc1ccc(COc2nc(-c3cccnc3)cs2)cc1. The summed E-state index contributed by atoms with van der Waals surface area (Å²) in [6.07, 6.45) is 3.54. The Hall–Kier alpha value is -2.40. The van der Waals surface area contributed by atoms with Crippen LogP contribution in [0.2, 0.25) is 0 Å². The van der Waals surface area contributed by atoms with E-state index in [1.807, 2.05) is 41.8 Å². The molecule has 0 bridgehead atoms. The molecule has 5 heteroatoms. The van der Waals surface area contributed by atoms with Crippen molar-refractivity contribution in [2.45, 2.75) is 6.61 Å². The Morgan fingerprint density at radius 3 is 2.71 bits per heavy atom. The highest BCUT2D eigenvalue weighted by Gasteiger charge is 2.05. The maximum atomic E-state index is 5.71. The fourth-order valence-electron chi connectivity index (χ4n) is 1.84. The largest absolute Gasteiger partial charge is 0.497 e. The Labute approximate surface area is 127 Å². The van der Waals surface area contributed by atoms with Gasteiger partial charge in [-0.2, -0.15) is 0 Å². The summed E-state index contributed by atoms with van der Waals surface area (Å²) < 4.78 is 10.8. The minimum Gasteiger partial charge on any atom is -0.497 e. The van der Waals surface area contributed by atoms with Crippen molar-refractivity contribution in [2.75, 3.05) is 7.11 Å². The third-order valence-corrected chi connectivity index (χ3v) is 3.71. The molecule has 3 rings (SSSR count). The second kappa shape index (κ2) is 6.37. The summed E-state index contributed by atoms with van der Waals surface area (Å²) in [7, 11) is 1.65. The first-order valence-corrected chi connectivity index (χ1v) is 7.35. The van der Waals surface area contributed by atoms with Gasteiger partial charge in [-0.25, -0.2) is 4.98 Å². The summed E-state index contributed by atoms with van der Waals surface area (Å²) in [5.74, 6) is 0.840. The van der Waals surface area contributed by atoms with Crippen molar-refractivity contribution in [3.05, 3.63) is 59.7 Å². The maximum Gasteiger partial charge on any atom is 0.274 e. The fourth-order valence-corrected chi connectivity index (χ4v) is 2.52. The molecule has 4 nitrogen and oxygen atoms in total. The van der Waals surface area contributed by atoms with Gasteiger partial charge in [0.15, 0.2) is 0 Å². The summed E-state index contributed by atoms with van der Waals surface area (Å²) in [4.78, 5) is 8.55. The van der Waals surface area contributed by atoms with Gasteiger partial charge in [0.1, 0.15) is 12.4 Å². The van der Waals surface area contributed by atoms with E-state index in [9.17, 15) is 0 Å². The van der Waals surface area contributed by atoms with Crippen LogP contribution in [0.15, 0.2) is 54.2 Å². The maximum absolute atomic E-state index is 5.71. The van der Waals surface area contributed by atoms with Crippen LogP contribution in [0.4, 0.5) is 0 Å². The van der Waals surface area contributed by atoms with E-state index in [1.165, 1.54) is 11.3 Å². The summed E-state index contributed by atoms with van der Waals surface area (Å²) in [5.41, 5.74) is 2.96. The van der Waals surface area contributed by atoms with Crippen molar-refractivity contribution < 1.29 is 9.47 Å². The third-order valence-electron chi connectivity index (χ3n) is 2.96. The molecule has 106 valence electrons. The standard InChI is InChI=1S/C16H14N2O2S/c1-19-14-6-4-12(5-7-14)10-20-16-18-15(11-21-16)13-3-2-8-17-9-13/h2-9,11H,10H2,1H3. The van der Waals surface area contributed by atoms with Crippen LogP contribution in [-0.2, 0) is 6.61 Å². The molecule has 0 atom stereocenters. The third kappa shape index (κ3) is 3.38. The Balaban J connectivity index is 1.64. The number of hydrogen-bond acceptors (Lipinski definition) is 5. The van der Waals surface area contributed by atoms with Gasteiger partial charge in [-0.3, -0.25) is 4.98 Å². The number of nitrogens with zero attached hydrogens (tertiary/aromatic N) is 2. The number of methoxy groups -OCH3 is 1. The Kier molecular flexibility index (Phi) is 4.12. The van der Waals surface area contributed by atoms with Gasteiger partial charge < -0.3 is 9.47 Å². The van der Waals surface area contributed by atoms with Gasteiger partial charge in [0.25, 0.3) is 5.19 Å². The molecule has 0 aliphatic heterocycles. The van der Waals surface area contributed by atoms with Crippen molar-refractivity contribution in [1.29, 1.82) is 0 Å². The first-order valence-electron chi connectivity index (χ1n) is 6.47. The molecular formula is C16H14N2O2S. The van der Waals surface area contributed by atoms with E-state index in [0.29, 0.717) is 11.8 Å². The second-order valence-corrected chi connectivity index (χ2v) is 5.20. The quantitative estimate of drug-likeness (QED) is 0.719. The molecule has 1 aromatic carbocycles. The van der Waals surface area contributed by atoms with Crippen LogP contribution in [0.3, 0.4) is 0 Å². The van der Waals surface area contributed by atoms with E-state index < -0.39 is 0 Å². The molecule has 21 heavy (non-hydrogen) atoms. The molecule has 0 fully saturated rings. The molecule has 0 N–H and O–H groups in total. The normalized spacial score (nSPS) is 10.3. The molecule has 2 heterocycles. The number of hydrogen-bond donors (Lipinski definition) is 0. The zero-order valence-electron chi connectivity index (χ0n) is 11.5. The molecule has 0 unspecified atom stereocenters. The van der Waals surface area contributed by atoms with Crippen LogP contribution in [0.1, 0.15) is 5.56 Å². The lowest BCUT2D eigenvalue weighted by molar-refractivity contribution is 0.304. The fraction of sp³-hybridized carbons (Fsp3) is 0.125. The zero-order valence-corrected chi connectivity index (χ0v) is 12.3. The predicted octanol–water partition coefficient (Wildman–Crippen LogP) is 3.79. The Morgan fingerprint density at radius 1 is 1.14 bits per heavy atom. The lowest BCUT2D eigenvalue weighted by Crippen LogP contribution is -1.95. The van der Waals surface area contributed by atoms with Gasteiger partial charge in [0, 0.05) is 23.3 Å². The lowest BCUT2D eigenvalue weighted by atomic mass is 10.2. The van der Waals surface area contributed by atoms with Crippen LogP contribution in [-0.4, -0.2) is 17.1 Å². The van der Waals surface area contributed by atoms with E-state index in [0.717, 1.165) is 22.6 Å². The highest BCUT2D eigenvalue weighted by molar-refractivity contribution is 7.11. The smallest absolute Gasteiger partial charge is 0.274 e. The van der Waals surface area contributed by atoms with Gasteiger partial charge in [0.2, 0.25) is 0 Å². The molecule has 2 aromatic heterocycles. The molecule has 0 amide bonds. The first-order chi connectivity index (χ1) is 10.3. The van der Waals surface area contributed by atoms with Crippen LogP contribution in [0.25, 0.3) is 11.3 Å². The summed E-state index contributed by atoms with van der Waals surface area (Å²) in [5, 5.41) is 2.63. The average Bonchev–Trinajstić information content (AvgIpc) is 3.03. The summed E-state index contributed by atoms with van der Waals surface area (Å²) >= 11 is 1.49.